The van der Waals surface area contributed by atoms with E-state index in [1.807, 2.05) is 0 Å². The summed E-state index contributed by atoms with van der Waals surface area (Å²) in [6, 6.07) is 10.9. The van der Waals surface area contributed by atoms with E-state index >= 15 is 0 Å². The highest BCUT2D eigenvalue weighted by Gasteiger charge is 2.28. The summed E-state index contributed by atoms with van der Waals surface area (Å²) in [5.41, 5.74) is 4.04. The lowest BCUT2D eigenvalue weighted by atomic mass is 9.77. The summed E-state index contributed by atoms with van der Waals surface area (Å²) in [4.78, 5) is 2.25. The molecule has 1 aromatic carbocycles. The lowest BCUT2D eigenvalue weighted by Crippen LogP contribution is -2.24. The zero-order chi connectivity index (χ0) is 19.7. The molecule has 0 aliphatic heterocycles. The molecule has 0 atom stereocenters. The highest BCUT2D eigenvalue weighted by molar-refractivity contribution is 5.67. The van der Waals surface area contributed by atoms with Crippen LogP contribution in [0.5, 0.6) is 0 Å². The number of aromatic nitrogens is 1. The zero-order valence-electron chi connectivity index (χ0n) is 17.8. The molecule has 0 saturated heterocycles. The zero-order valence-corrected chi connectivity index (χ0v) is 17.8. The average Bonchev–Trinajstić information content (AvgIpc) is 3.19. The Hall–Kier alpha value is -2.22. The number of benzene rings is 1. The summed E-state index contributed by atoms with van der Waals surface area (Å²) in [6.07, 6.45) is 19.2. The Kier molecular flexibility index (Phi) is 7.97. The minimum absolute atomic E-state index is 0.0886. The normalized spacial score (nSPS) is 12.3. The second kappa shape index (κ2) is 10.2. The standard InChI is InChI=1S/C25H36N2/c1-6-9-10-11-17-25(4,5)24-22(26(18-7-2)19-8-3)15-14-16-23(24)27-20-12-13-21-27/h7-8,12-16,18-21H,6,9-11,17H2,1-5H3/b18-7-,19-8-. The van der Waals surface area contributed by atoms with E-state index in [0.29, 0.717) is 0 Å². The van der Waals surface area contributed by atoms with Crippen molar-refractivity contribution in [1.82, 2.24) is 4.57 Å². The van der Waals surface area contributed by atoms with Gasteiger partial charge < -0.3 is 9.47 Å². The van der Waals surface area contributed by atoms with Crippen molar-refractivity contribution in [3.63, 3.8) is 0 Å². The molecule has 2 rings (SSSR count). The largest absolute Gasteiger partial charge is 0.324 e. The Morgan fingerprint density at radius 2 is 1.59 bits per heavy atom. The van der Waals surface area contributed by atoms with Gasteiger partial charge in [0.15, 0.2) is 0 Å². The summed E-state index contributed by atoms with van der Waals surface area (Å²) in [7, 11) is 0. The van der Waals surface area contributed by atoms with Gasteiger partial charge in [0.05, 0.1) is 11.4 Å². The lowest BCUT2D eigenvalue weighted by molar-refractivity contribution is 0.445. The number of allylic oxidation sites excluding steroid dienone is 2. The van der Waals surface area contributed by atoms with E-state index in [0.717, 1.165) is 0 Å². The predicted molar refractivity (Wildman–Crippen MR) is 120 cm³/mol. The molecule has 0 saturated carbocycles. The molecule has 0 radical (unpaired) electrons. The topological polar surface area (TPSA) is 8.17 Å². The van der Waals surface area contributed by atoms with Gasteiger partial charge in [-0.3, -0.25) is 0 Å². The van der Waals surface area contributed by atoms with Gasteiger partial charge in [0.2, 0.25) is 0 Å². The van der Waals surface area contributed by atoms with E-state index in [9.17, 15) is 0 Å². The Morgan fingerprint density at radius 1 is 0.926 bits per heavy atom. The van der Waals surface area contributed by atoms with Crippen LogP contribution < -0.4 is 4.90 Å². The Balaban J connectivity index is 2.55. The maximum Gasteiger partial charge on any atom is 0.0507 e. The van der Waals surface area contributed by atoms with Crippen molar-refractivity contribution < 1.29 is 0 Å². The molecule has 0 amide bonds. The van der Waals surface area contributed by atoms with Crippen molar-refractivity contribution >= 4 is 5.69 Å². The number of anilines is 1. The van der Waals surface area contributed by atoms with Gasteiger partial charge in [-0.15, -0.1) is 0 Å². The smallest absolute Gasteiger partial charge is 0.0507 e. The van der Waals surface area contributed by atoms with Crippen molar-refractivity contribution in [1.29, 1.82) is 0 Å². The van der Waals surface area contributed by atoms with Gasteiger partial charge in [-0.05, 0) is 49.9 Å². The van der Waals surface area contributed by atoms with Crippen LogP contribution in [0, 0.1) is 0 Å². The molecule has 0 aliphatic rings. The molecule has 2 nitrogen and oxygen atoms in total. The third kappa shape index (κ3) is 5.38. The number of unbranched alkanes of at least 4 members (excludes halogenated alkanes) is 3. The van der Waals surface area contributed by atoms with E-state index in [-0.39, 0.29) is 5.41 Å². The predicted octanol–water partition coefficient (Wildman–Crippen LogP) is 7.60. The van der Waals surface area contributed by atoms with Gasteiger partial charge >= 0.3 is 0 Å². The average molecular weight is 365 g/mol. The fourth-order valence-electron chi connectivity index (χ4n) is 3.80. The maximum atomic E-state index is 2.40. The summed E-state index contributed by atoms with van der Waals surface area (Å²) < 4.78 is 2.25. The van der Waals surface area contributed by atoms with Crippen LogP contribution in [0.4, 0.5) is 5.69 Å². The number of rotatable bonds is 10. The molecule has 0 unspecified atom stereocenters. The molecule has 0 fully saturated rings. The highest BCUT2D eigenvalue weighted by Crippen LogP contribution is 2.40. The first-order chi connectivity index (χ1) is 13.0. The van der Waals surface area contributed by atoms with Crippen LogP contribution in [-0.2, 0) is 5.41 Å². The highest BCUT2D eigenvalue weighted by atomic mass is 15.1. The van der Waals surface area contributed by atoms with Gasteiger partial charge in [0, 0.05) is 30.4 Å². The van der Waals surface area contributed by atoms with E-state index in [1.165, 1.54) is 49.0 Å². The Morgan fingerprint density at radius 3 is 2.19 bits per heavy atom. The first-order valence-corrected chi connectivity index (χ1v) is 10.4. The van der Waals surface area contributed by atoms with Gasteiger partial charge in [0.1, 0.15) is 0 Å². The quantitative estimate of drug-likeness (QED) is 0.394. The van der Waals surface area contributed by atoms with Crippen LogP contribution in [0.15, 0.2) is 67.3 Å². The second-order valence-electron chi connectivity index (χ2n) is 7.83. The van der Waals surface area contributed by atoms with Crippen molar-refractivity contribution in [2.75, 3.05) is 4.90 Å². The van der Waals surface area contributed by atoms with Crippen LogP contribution in [0.1, 0.15) is 72.3 Å². The molecule has 2 aromatic rings. The minimum atomic E-state index is 0.0886. The van der Waals surface area contributed by atoms with Crippen LogP contribution in [-0.4, -0.2) is 4.57 Å². The van der Waals surface area contributed by atoms with Gasteiger partial charge in [-0.2, -0.15) is 0 Å². The number of hydrogen-bond acceptors (Lipinski definition) is 1. The van der Waals surface area contributed by atoms with Crippen molar-refractivity contribution in [3.8, 4) is 5.69 Å². The first kappa shape index (κ1) is 21.1. The molecule has 27 heavy (non-hydrogen) atoms. The van der Waals surface area contributed by atoms with Crippen molar-refractivity contribution in [2.24, 2.45) is 0 Å². The van der Waals surface area contributed by atoms with E-state index in [2.05, 4.69) is 111 Å². The fraction of sp³-hybridized carbons (Fsp3) is 0.440. The molecule has 2 heteroatoms. The van der Waals surface area contributed by atoms with Crippen LogP contribution in [0.2, 0.25) is 0 Å². The Labute approximate surface area is 166 Å². The van der Waals surface area contributed by atoms with Gasteiger partial charge in [-0.25, -0.2) is 0 Å². The summed E-state index contributed by atoms with van der Waals surface area (Å²) in [5.74, 6) is 0. The maximum absolute atomic E-state index is 2.40. The van der Waals surface area contributed by atoms with E-state index in [1.54, 1.807) is 0 Å². The van der Waals surface area contributed by atoms with E-state index in [4.69, 9.17) is 0 Å². The van der Waals surface area contributed by atoms with Crippen molar-refractivity contribution in [2.45, 2.75) is 72.1 Å². The SMILES string of the molecule is C/C=C\N(/C=C\C)c1cccc(-n2cccc2)c1C(C)(C)CCCCCC. The minimum Gasteiger partial charge on any atom is -0.324 e. The molecule has 0 spiro atoms. The number of nitrogens with zero attached hydrogens (tertiary/aromatic N) is 2. The molecular formula is C25H36N2. The fourth-order valence-corrected chi connectivity index (χ4v) is 3.80. The third-order valence-corrected chi connectivity index (χ3v) is 5.13. The molecule has 1 aromatic heterocycles. The van der Waals surface area contributed by atoms with Gasteiger partial charge in [-0.1, -0.05) is 64.7 Å². The van der Waals surface area contributed by atoms with E-state index < -0.39 is 0 Å². The first-order valence-electron chi connectivity index (χ1n) is 10.4. The molecule has 0 bridgehead atoms. The third-order valence-electron chi connectivity index (χ3n) is 5.13. The summed E-state index contributed by atoms with van der Waals surface area (Å²) >= 11 is 0. The van der Waals surface area contributed by atoms with Gasteiger partial charge in [0.25, 0.3) is 0 Å². The summed E-state index contributed by atoms with van der Waals surface area (Å²) in [6.45, 7) is 11.2. The lowest BCUT2D eigenvalue weighted by Gasteiger charge is -2.33. The van der Waals surface area contributed by atoms with Crippen LogP contribution >= 0.6 is 0 Å². The molecular weight excluding hydrogens is 328 g/mol. The molecule has 1 heterocycles. The molecule has 146 valence electrons. The molecule has 0 N–H and O–H groups in total. The molecule has 0 aliphatic carbocycles. The second-order valence-corrected chi connectivity index (χ2v) is 7.83. The van der Waals surface area contributed by atoms with Crippen LogP contribution in [0.3, 0.4) is 0 Å². The van der Waals surface area contributed by atoms with Crippen molar-refractivity contribution in [3.05, 3.63) is 72.8 Å². The monoisotopic (exact) mass is 364 g/mol. The van der Waals surface area contributed by atoms with Crippen LogP contribution in [0.25, 0.3) is 5.69 Å². The Bertz CT molecular complexity index is 724. The number of hydrogen-bond donors (Lipinski definition) is 0. The summed E-state index contributed by atoms with van der Waals surface area (Å²) in [5, 5.41) is 0.